The van der Waals surface area contributed by atoms with Crippen molar-refractivity contribution in [2.24, 2.45) is 29.6 Å². The molecule has 0 heterocycles. The highest BCUT2D eigenvalue weighted by atomic mass is 14.4. The van der Waals surface area contributed by atoms with Crippen LogP contribution in [0.3, 0.4) is 0 Å². The Balaban J connectivity index is 2.19. The van der Waals surface area contributed by atoms with E-state index in [1.54, 1.807) is 0 Å². The fraction of sp³-hybridized carbons (Fsp3) is 1.00. The summed E-state index contributed by atoms with van der Waals surface area (Å²) in [5, 5.41) is 0. The van der Waals surface area contributed by atoms with Gasteiger partial charge in [-0.1, -0.05) is 34.6 Å². The van der Waals surface area contributed by atoms with Gasteiger partial charge in [0.05, 0.1) is 0 Å². The third-order valence-electron chi connectivity index (χ3n) is 3.65. The molecule has 0 aromatic heterocycles. The predicted octanol–water partition coefficient (Wildman–Crippen LogP) is 3.96. The molecule has 1 saturated carbocycles. The Bertz CT molecular complexity index is 135. The summed E-state index contributed by atoms with van der Waals surface area (Å²) in [4.78, 5) is 0. The van der Waals surface area contributed by atoms with Gasteiger partial charge in [-0.2, -0.15) is 0 Å². The van der Waals surface area contributed by atoms with Gasteiger partial charge in [0.25, 0.3) is 0 Å². The summed E-state index contributed by atoms with van der Waals surface area (Å²) in [6, 6.07) is 0. The molecular formula is C12H24. The maximum absolute atomic E-state index is 2.40. The van der Waals surface area contributed by atoms with Gasteiger partial charge in [-0.15, -0.1) is 0 Å². The van der Waals surface area contributed by atoms with Gasteiger partial charge in [0.2, 0.25) is 0 Å². The summed E-state index contributed by atoms with van der Waals surface area (Å²) in [6.07, 6.45) is 2.98. The number of hydrogen-bond donors (Lipinski definition) is 0. The standard InChI is InChI=1S/C12H24/c1-8(2)10(5)6-11-7-12(11)9(3)4/h8-12H,6-7H2,1-5H3. The highest BCUT2D eigenvalue weighted by molar-refractivity contribution is 4.89. The molecule has 1 aliphatic rings. The largest absolute Gasteiger partial charge is 0.0625 e. The minimum Gasteiger partial charge on any atom is -0.0625 e. The van der Waals surface area contributed by atoms with Gasteiger partial charge in [0, 0.05) is 0 Å². The predicted molar refractivity (Wildman–Crippen MR) is 55.1 cm³/mol. The lowest BCUT2D eigenvalue weighted by Crippen LogP contribution is -2.06. The van der Waals surface area contributed by atoms with Crippen molar-refractivity contribution in [3.63, 3.8) is 0 Å². The second-order valence-electron chi connectivity index (χ2n) is 5.36. The van der Waals surface area contributed by atoms with Crippen molar-refractivity contribution in [1.82, 2.24) is 0 Å². The maximum atomic E-state index is 2.40. The van der Waals surface area contributed by atoms with Gasteiger partial charge in [0.15, 0.2) is 0 Å². The highest BCUT2D eigenvalue weighted by Gasteiger charge is 2.39. The molecule has 0 nitrogen and oxygen atoms in total. The zero-order chi connectivity index (χ0) is 9.30. The van der Waals surface area contributed by atoms with E-state index in [0.717, 1.165) is 29.6 Å². The Hall–Kier alpha value is 0. The summed E-state index contributed by atoms with van der Waals surface area (Å²) in [7, 11) is 0. The molecule has 1 fully saturated rings. The molecule has 0 bridgehead atoms. The first-order valence-corrected chi connectivity index (χ1v) is 5.52. The normalized spacial score (nSPS) is 31.2. The first kappa shape index (κ1) is 10.1. The van der Waals surface area contributed by atoms with Gasteiger partial charge in [0.1, 0.15) is 0 Å². The van der Waals surface area contributed by atoms with E-state index in [-0.39, 0.29) is 0 Å². The van der Waals surface area contributed by atoms with E-state index in [4.69, 9.17) is 0 Å². The second kappa shape index (κ2) is 3.81. The van der Waals surface area contributed by atoms with E-state index >= 15 is 0 Å². The van der Waals surface area contributed by atoms with Gasteiger partial charge < -0.3 is 0 Å². The van der Waals surface area contributed by atoms with Crippen LogP contribution in [0.4, 0.5) is 0 Å². The van der Waals surface area contributed by atoms with Crippen LogP contribution < -0.4 is 0 Å². The van der Waals surface area contributed by atoms with Crippen LogP contribution in [0.15, 0.2) is 0 Å². The molecule has 12 heavy (non-hydrogen) atoms. The fourth-order valence-electron chi connectivity index (χ4n) is 2.11. The van der Waals surface area contributed by atoms with Crippen molar-refractivity contribution >= 4 is 0 Å². The molecule has 0 spiro atoms. The van der Waals surface area contributed by atoms with Crippen molar-refractivity contribution in [3.05, 3.63) is 0 Å². The SMILES string of the molecule is CC(C)C(C)CC1CC1C(C)C. The Morgan fingerprint density at radius 1 is 1.08 bits per heavy atom. The number of rotatable bonds is 4. The maximum Gasteiger partial charge on any atom is -0.0360 e. The Labute approximate surface area is 77.7 Å². The molecule has 0 aliphatic heterocycles. The fourth-order valence-corrected chi connectivity index (χ4v) is 2.11. The van der Waals surface area contributed by atoms with Crippen molar-refractivity contribution in [3.8, 4) is 0 Å². The third-order valence-corrected chi connectivity index (χ3v) is 3.65. The lowest BCUT2D eigenvalue weighted by Gasteiger charge is -2.15. The van der Waals surface area contributed by atoms with Crippen LogP contribution >= 0.6 is 0 Å². The minimum absolute atomic E-state index is 0.874. The van der Waals surface area contributed by atoms with Crippen molar-refractivity contribution in [2.75, 3.05) is 0 Å². The van der Waals surface area contributed by atoms with Crippen LogP contribution in [0, 0.1) is 29.6 Å². The lowest BCUT2D eigenvalue weighted by atomic mass is 9.91. The molecule has 0 aromatic carbocycles. The molecule has 0 saturated heterocycles. The monoisotopic (exact) mass is 168 g/mol. The summed E-state index contributed by atoms with van der Waals surface area (Å²) in [5.41, 5.74) is 0. The molecular weight excluding hydrogens is 144 g/mol. The molecule has 3 atom stereocenters. The Morgan fingerprint density at radius 3 is 2.00 bits per heavy atom. The lowest BCUT2D eigenvalue weighted by molar-refractivity contribution is 0.353. The molecule has 0 heteroatoms. The van der Waals surface area contributed by atoms with Crippen LogP contribution in [0.5, 0.6) is 0 Å². The smallest absolute Gasteiger partial charge is 0.0360 e. The average molecular weight is 168 g/mol. The minimum atomic E-state index is 0.874. The molecule has 3 unspecified atom stereocenters. The van der Waals surface area contributed by atoms with Gasteiger partial charge >= 0.3 is 0 Å². The van der Waals surface area contributed by atoms with E-state index in [9.17, 15) is 0 Å². The zero-order valence-corrected chi connectivity index (χ0v) is 9.30. The molecule has 0 aromatic rings. The van der Waals surface area contributed by atoms with Crippen LogP contribution in [0.2, 0.25) is 0 Å². The molecule has 0 radical (unpaired) electrons. The van der Waals surface area contributed by atoms with Crippen LogP contribution in [0.25, 0.3) is 0 Å². The van der Waals surface area contributed by atoms with Crippen LogP contribution in [0.1, 0.15) is 47.5 Å². The van der Waals surface area contributed by atoms with Gasteiger partial charge in [-0.05, 0) is 42.4 Å². The molecule has 72 valence electrons. The summed E-state index contributed by atoms with van der Waals surface area (Å²) in [6.45, 7) is 11.8. The van der Waals surface area contributed by atoms with Crippen molar-refractivity contribution in [2.45, 2.75) is 47.5 Å². The summed E-state index contributed by atoms with van der Waals surface area (Å²) >= 11 is 0. The Kier molecular flexibility index (Phi) is 3.20. The molecule has 0 amide bonds. The zero-order valence-electron chi connectivity index (χ0n) is 9.30. The van der Waals surface area contributed by atoms with Gasteiger partial charge in [-0.25, -0.2) is 0 Å². The average Bonchev–Trinajstić information content (AvgIpc) is 2.67. The Morgan fingerprint density at radius 2 is 1.67 bits per heavy atom. The summed E-state index contributed by atoms with van der Waals surface area (Å²) < 4.78 is 0. The molecule has 1 aliphatic carbocycles. The first-order valence-electron chi connectivity index (χ1n) is 5.52. The van der Waals surface area contributed by atoms with E-state index < -0.39 is 0 Å². The molecule has 0 N–H and O–H groups in total. The first-order chi connectivity index (χ1) is 5.52. The third kappa shape index (κ3) is 2.50. The van der Waals surface area contributed by atoms with E-state index in [1.165, 1.54) is 12.8 Å². The van der Waals surface area contributed by atoms with Crippen LogP contribution in [-0.4, -0.2) is 0 Å². The highest BCUT2D eigenvalue weighted by Crippen LogP contribution is 2.48. The van der Waals surface area contributed by atoms with Gasteiger partial charge in [-0.3, -0.25) is 0 Å². The molecule has 1 rings (SSSR count). The van der Waals surface area contributed by atoms with Crippen molar-refractivity contribution < 1.29 is 0 Å². The number of hydrogen-bond acceptors (Lipinski definition) is 0. The van der Waals surface area contributed by atoms with Crippen molar-refractivity contribution in [1.29, 1.82) is 0 Å². The van der Waals surface area contributed by atoms with Crippen LogP contribution in [-0.2, 0) is 0 Å². The quantitative estimate of drug-likeness (QED) is 0.596. The van der Waals surface area contributed by atoms with E-state index in [0.29, 0.717) is 0 Å². The topological polar surface area (TPSA) is 0 Å². The second-order valence-corrected chi connectivity index (χ2v) is 5.36. The van der Waals surface area contributed by atoms with E-state index in [2.05, 4.69) is 34.6 Å². The summed E-state index contributed by atoms with van der Waals surface area (Å²) in [5.74, 6) is 4.86. The van der Waals surface area contributed by atoms with E-state index in [1.807, 2.05) is 0 Å².